The first-order valence-electron chi connectivity index (χ1n) is 8.40. The predicted octanol–water partition coefficient (Wildman–Crippen LogP) is 2.92. The molecule has 2 aliphatic rings. The Labute approximate surface area is 143 Å². The topological polar surface area (TPSA) is 41.6 Å². The Morgan fingerprint density at radius 2 is 1.87 bits per heavy atom. The number of nitrogens with zero attached hydrogens (tertiary/aromatic N) is 1. The van der Waals surface area contributed by atoms with E-state index in [1.54, 1.807) is 11.8 Å². The summed E-state index contributed by atoms with van der Waals surface area (Å²) in [4.78, 5) is 15.8. The minimum atomic E-state index is -0.451. The lowest BCUT2D eigenvalue weighted by Gasteiger charge is -2.36. The average molecular weight is 334 g/mol. The molecule has 1 amide bonds. The van der Waals surface area contributed by atoms with Crippen molar-refractivity contribution in [3.05, 3.63) is 24.3 Å². The van der Waals surface area contributed by atoms with Gasteiger partial charge < -0.3 is 15.0 Å². The Kier molecular flexibility index (Phi) is 5.17. The molecule has 5 heteroatoms. The van der Waals surface area contributed by atoms with E-state index in [1.165, 1.54) is 17.7 Å². The molecule has 4 nitrogen and oxygen atoms in total. The van der Waals surface area contributed by atoms with Crippen molar-refractivity contribution in [1.29, 1.82) is 0 Å². The van der Waals surface area contributed by atoms with E-state index in [0.717, 1.165) is 18.6 Å². The molecule has 1 aromatic rings. The summed E-state index contributed by atoms with van der Waals surface area (Å²) in [6.07, 6.45) is 6.21. The molecule has 1 N–H and O–H groups in total. The van der Waals surface area contributed by atoms with E-state index in [-0.39, 0.29) is 5.91 Å². The highest BCUT2D eigenvalue weighted by atomic mass is 32.2. The number of ether oxygens (including phenoxy) is 1. The molecule has 2 aliphatic heterocycles. The minimum absolute atomic E-state index is 0.0743. The van der Waals surface area contributed by atoms with Crippen molar-refractivity contribution < 1.29 is 9.53 Å². The van der Waals surface area contributed by atoms with Crippen LogP contribution in [0.25, 0.3) is 0 Å². The predicted molar refractivity (Wildman–Crippen MR) is 94.1 cm³/mol. The molecule has 3 atom stereocenters. The molecule has 3 rings (SSSR count). The summed E-state index contributed by atoms with van der Waals surface area (Å²) in [5.41, 5.74) is 0. The first-order valence-corrected chi connectivity index (χ1v) is 9.62. The molecule has 0 aliphatic carbocycles. The van der Waals surface area contributed by atoms with Gasteiger partial charge in [0.05, 0.1) is 0 Å². The van der Waals surface area contributed by atoms with E-state index in [9.17, 15) is 4.79 Å². The van der Waals surface area contributed by atoms with Crippen molar-refractivity contribution in [2.45, 2.75) is 61.7 Å². The lowest BCUT2D eigenvalue weighted by Crippen LogP contribution is -2.51. The van der Waals surface area contributed by atoms with Crippen molar-refractivity contribution in [3.8, 4) is 5.75 Å². The number of likely N-dealkylation sites (N-methyl/N-ethyl adjacent to an activating group) is 1. The zero-order chi connectivity index (χ0) is 16.4. The van der Waals surface area contributed by atoms with Gasteiger partial charge in [0.15, 0.2) is 6.10 Å². The Morgan fingerprint density at radius 1 is 1.26 bits per heavy atom. The smallest absolute Gasteiger partial charge is 0.263 e. The third kappa shape index (κ3) is 3.83. The summed E-state index contributed by atoms with van der Waals surface area (Å²) in [5, 5.41) is 3.62. The number of thioether (sulfide) groups is 1. The van der Waals surface area contributed by atoms with Crippen LogP contribution in [-0.4, -0.2) is 48.3 Å². The lowest BCUT2D eigenvalue weighted by molar-refractivity contribution is -0.139. The average Bonchev–Trinajstić information content (AvgIpc) is 2.92. The fraction of sp³-hybridized carbons (Fsp3) is 0.611. The number of benzene rings is 1. The molecule has 2 fully saturated rings. The molecule has 126 valence electrons. The molecule has 0 aromatic heterocycles. The van der Waals surface area contributed by atoms with Crippen LogP contribution in [0.1, 0.15) is 32.6 Å². The number of hydrogen-bond acceptors (Lipinski definition) is 4. The molecule has 2 saturated heterocycles. The van der Waals surface area contributed by atoms with E-state index in [4.69, 9.17) is 4.74 Å². The Balaban J connectivity index is 1.57. The second kappa shape index (κ2) is 7.14. The van der Waals surface area contributed by atoms with Gasteiger partial charge in [-0.3, -0.25) is 4.79 Å². The summed E-state index contributed by atoms with van der Waals surface area (Å²) in [6.45, 7) is 1.84. The molecule has 3 unspecified atom stereocenters. The van der Waals surface area contributed by atoms with E-state index >= 15 is 0 Å². The largest absolute Gasteiger partial charge is 0.481 e. The first kappa shape index (κ1) is 16.7. The van der Waals surface area contributed by atoms with E-state index < -0.39 is 6.10 Å². The number of hydrogen-bond donors (Lipinski definition) is 1. The lowest BCUT2D eigenvalue weighted by atomic mass is 9.98. The van der Waals surface area contributed by atoms with Crippen LogP contribution in [-0.2, 0) is 4.79 Å². The van der Waals surface area contributed by atoms with Crippen LogP contribution in [0, 0.1) is 0 Å². The van der Waals surface area contributed by atoms with Crippen LogP contribution in [0.3, 0.4) is 0 Å². The summed E-state index contributed by atoms with van der Waals surface area (Å²) in [7, 11) is 1.93. The normalized spacial score (nSPS) is 27.5. The number of nitrogens with one attached hydrogen (secondary N) is 1. The summed E-state index contributed by atoms with van der Waals surface area (Å²) >= 11 is 1.70. The van der Waals surface area contributed by atoms with Gasteiger partial charge in [-0.1, -0.05) is 0 Å². The van der Waals surface area contributed by atoms with Crippen LogP contribution >= 0.6 is 11.8 Å². The highest BCUT2D eigenvalue weighted by Gasteiger charge is 2.37. The van der Waals surface area contributed by atoms with E-state index in [0.29, 0.717) is 18.1 Å². The molecule has 0 saturated carbocycles. The maximum Gasteiger partial charge on any atom is 0.263 e. The molecule has 2 heterocycles. The van der Waals surface area contributed by atoms with E-state index in [1.807, 2.05) is 49.4 Å². The van der Waals surface area contributed by atoms with Gasteiger partial charge in [0.25, 0.3) is 5.91 Å². The van der Waals surface area contributed by atoms with Gasteiger partial charge in [0.2, 0.25) is 0 Å². The highest BCUT2D eigenvalue weighted by Crippen LogP contribution is 2.29. The van der Waals surface area contributed by atoms with Crippen molar-refractivity contribution in [3.63, 3.8) is 0 Å². The van der Waals surface area contributed by atoms with E-state index in [2.05, 4.69) is 5.32 Å². The van der Waals surface area contributed by atoms with Gasteiger partial charge in [-0.2, -0.15) is 0 Å². The van der Waals surface area contributed by atoms with Crippen LogP contribution in [0.15, 0.2) is 29.2 Å². The summed E-state index contributed by atoms with van der Waals surface area (Å²) in [5.74, 6) is 0.827. The van der Waals surface area contributed by atoms with Gasteiger partial charge in [0, 0.05) is 30.1 Å². The van der Waals surface area contributed by atoms with Crippen LogP contribution in [0.5, 0.6) is 5.75 Å². The molecule has 0 spiro atoms. The number of carbonyl (C=O) groups is 1. The minimum Gasteiger partial charge on any atom is -0.481 e. The monoisotopic (exact) mass is 334 g/mol. The second-order valence-electron chi connectivity index (χ2n) is 6.65. The summed E-state index contributed by atoms with van der Waals surface area (Å²) in [6, 6.07) is 9.41. The third-order valence-corrected chi connectivity index (χ3v) is 5.81. The quantitative estimate of drug-likeness (QED) is 0.841. The van der Waals surface area contributed by atoms with Crippen molar-refractivity contribution >= 4 is 17.7 Å². The van der Waals surface area contributed by atoms with Crippen LogP contribution in [0.4, 0.5) is 0 Å². The van der Waals surface area contributed by atoms with Crippen molar-refractivity contribution in [2.75, 3.05) is 13.3 Å². The highest BCUT2D eigenvalue weighted by molar-refractivity contribution is 7.98. The number of amides is 1. The van der Waals surface area contributed by atoms with Gasteiger partial charge in [-0.05, 0) is 63.1 Å². The fourth-order valence-corrected chi connectivity index (χ4v) is 4.13. The zero-order valence-electron chi connectivity index (χ0n) is 14.1. The maximum absolute atomic E-state index is 12.7. The van der Waals surface area contributed by atoms with Gasteiger partial charge in [-0.15, -0.1) is 11.8 Å². The standard InChI is InChI=1S/C18H26N2O2S/c1-12(22-16-6-8-17(23-3)9-7-16)18(21)20(2)15-10-13-4-5-14(11-15)19-13/h6-9,12-15,19H,4-5,10-11H2,1-3H3. The van der Waals surface area contributed by atoms with Gasteiger partial charge in [-0.25, -0.2) is 0 Å². The number of piperidine rings is 1. The molecule has 23 heavy (non-hydrogen) atoms. The third-order valence-electron chi connectivity index (χ3n) is 5.06. The van der Waals surface area contributed by atoms with Gasteiger partial charge >= 0.3 is 0 Å². The number of fused-ring (bicyclic) bond motifs is 2. The summed E-state index contributed by atoms with van der Waals surface area (Å²) < 4.78 is 5.84. The van der Waals surface area contributed by atoms with Gasteiger partial charge in [0.1, 0.15) is 5.75 Å². The zero-order valence-corrected chi connectivity index (χ0v) is 14.9. The first-order chi connectivity index (χ1) is 11.1. The fourth-order valence-electron chi connectivity index (χ4n) is 3.72. The molecule has 1 aromatic carbocycles. The second-order valence-corrected chi connectivity index (χ2v) is 7.53. The SMILES string of the molecule is CSc1ccc(OC(C)C(=O)N(C)C2CC3CCC(C2)N3)cc1. The Morgan fingerprint density at radius 3 is 2.43 bits per heavy atom. The van der Waals surface area contributed by atoms with Crippen molar-refractivity contribution in [1.82, 2.24) is 10.2 Å². The molecule has 0 radical (unpaired) electrons. The number of rotatable bonds is 5. The number of carbonyl (C=O) groups excluding carboxylic acids is 1. The molecule has 2 bridgehead atoms. The van der Waals surface area contributed by atoms with Crippen LogP contribution < -0.4 is 10.1 Å². The Bertz CT molecular complexity index is 536. The van der Waals surface area contributed by atoms with Crippen LogP contribution in [0.2, 0.25) is 0 Å². The maximum atomic E-state index is 12.7. The van der Waals surface area contributed by atoms with Crippen molar-refractivity contribution in [2.24, 2.45) is 0 Å². The molecular weight excluding hydrogens is 308 g/mol. The Hall–Kier alpha value is -1.20. The molecular formula is C18H26N2O2S.